The monoisotopic (exact) mass is 221 g/mol. The van der Waals surface area contributed by atoms with Crippen molar-refractivity contribution in [3.63, 3.8) is 0 Å². The molecule has 0 atom stereocenters. The Kier molecular flexibility index (Phi) is 4.61. The summed E-state index contributed by atoms with van der Waals surface area (Å²) in [4.78, 5) is 4.05. The average molecular weight is 222 g/mol. The van der Waals surface area contributed by atoms with E-state index in [9.17, 15) is 0 Å². The van der Waals surface area contributed by atoms with Crippen LogP contribution in [0.4, 0.5) is 0 Å². The number of nitrogens with two attached hydrogens (primary N) is 1. The lowest BCUT2D eigenvalue weighted by Gasteiger charge is -1.94. The smallest absolute Gasteiger partial charge is 0.179 e. The van der Waals surface area contributed by atoms with Gasteiger partial charge in [0.25, 0.3) is 0 Å². The van der Waals surface area contributed by atoms with Gasteiger partial charge in [0.05, 0.1) is 11.9 Å². The minimum absolute atomic E-state index is 0. The number of aromatic nitrogens is 4. The molecule has 0 aliphatic heterocycles. The molecule has 2 aromatic heterocycles. The summed E-state index contributed by atoms with van der Waals surface area (Å²) in [6, 6.07) is 0. The van der Waals surface area contributed by atoms with Crippen LogP contribution in [0, 0.1) is 0 Å². The first-order valence-corrected chi connectivity index (χ1v) is 3.24. The van der Waals surface area contributed by atoms with E-state index >= 15 is 0 Å². The molecule has 0 unspecified atom stereocenters. The summed E-state index contributed by atoms with van der Waals surface area (Å²) < 4.78 is 1.79. The van der Waals surface area contributed by atoms with E-state index < -0.39 is 0 Å². The van der Waals surface area contributed by atoms with Gasteiger partial charge in [0.2, 0.25) is 0 Å². The molecule has 0 aliphatic carbocycles. The van der Waals surface area contributed by atoms with Crippen LogP contribution in [0.15, 0.2) is 18.7 Å². The summed E-state index contributed by atoms with van der Waals surface area (Å²) in [6.45, 7) is 0.439. The molecular weight excluding hydrogens is 213 g/mol. The molecule has 0 radical (unpaired) electrons. The molecular formula is C6H9Cl2N5. The molecule has 5 nitrogen and oxygen atoms in total. The molecule has 2 heterocycles. The van der Waals surface area contributed by atoms with Gasteiger partial charge in [0, 0.05) is 12.7 Å². The second kappa shape index (κ2) is 4.96. The molecule has 0 saturated carbocycles. The van der Waals surface area contributed by atoms with E-state index in [2.05, 4.69) is 15.2 Å². The minimum Gasteiger partial charge on any atom is -0.325 e. The molecule has 0 fully saturated rings. The third kappa shape index (κ3) is 2.27. The Morgan fingerprint density at radius 2 is 2.15 bits per heavy atom. The van der Waals surface area contributed by atoms with Crippen molar-refractivity contribution >= 4 is 30.5 Å². The standard InChI is InChI=1S/C6H7N5.2ClH/c7-1-5-3-11-4-9-10-6(11)2-8-5;;/h2-4H,1,7H2;2*1H. The quantitative estimate of drug-likeness (QED) is 0.759. The van der Waals surface area contributed by atoms with Gasteiger partial charge in [0.1, 0.15) is 6.33 Å². The molecule has 0 spiro atoms. The summed E-state index contributed by atoms with van der Waals surface area (Å²) in [5.74, 6) is 0. The number of nitrogens with zero attached hydrogens (tertiary/aromatic N) is 4. The summed E-state index contributed by atoms with van der Waals surface area (Å²) >= 11 is 0. The van der Waals surface area contributed by atoms with Gasteiger partial charge >= 0.3 is 0 Å². The number of rotatable bonds is 1. The van der Waals surface area contributed by atoms with Crippen LogP contribution in [0.1, 0.15) is 5.69 Å². The fourth-order valence-electron chi connectivity index (χ4n) is 0.883. The van der Waals surface area contributed by atoms with Crippen molar-refractivity contribution in [3.05, 3.63) is 24.4 Å². The average Bonchev–Trinajstić information content (AvgIpc) is 2.50. The van der Waals surface area contributed by atoms with Gasteiger partial charge < -0.3 is 5.73 Å². The molecule has 0 bridgehead atoms. The molecule has 2 rings (SSSR count). The van der Waals surface area contributed by atoms with Gasteiger partial charge in [-0.3, -0.25) is 9.38 Å². The fourth-order valence-corrected chi connectivity index (χ4v) is 0.883. The zero-order valence-electron chi connectivity index (χ0n) is 6.62. The summed E-state index contributed by atoms with van der Waals surface area (Å²) in [5, 5.41) is 7.51. The van der Waals surface area contributed by atoms with Crippen molar-refractivity contribution < 1.29 is 0 Å². The van der Waals surface area contributed by atoms with E-state index in [-0.39, 0.29) is 24.8 Å². The van der Waals surface area contributed by atoms with Crippen LogP contribution in [-0.2, 0) is 6.54 Å². The third-order valence-corrected chi connectivity index (χ3v) is 1.44. The van der Waals surface area contributed by atoms with Crippen LogP contribution >= 0.6 is 24.8 Å². The molecule has 0 amide bonds. The highest BCUT2D eigenvalue weighted by Gasteiger charge is 1.95. The zero-order chi connectivity index (χ0) is 7.68. The summed E-state index contributed by atoms with van der Waals surface area (Å²) in [5.41, 5.74) is 6.96. The summed E-state index contributed by atoms with van der Waals surface area (Å²) in [6.07, 6.45) is 5.08. The van der Waals surface area contributed by atoms with Crippen molar-refractivity contribution in [3.8, 4) is 0 Å². The van der Waals surface area contributed by atoms with Crippen LogP contribution in [0.3, 0.4) is 0 Å². The number of halogens is 2. The van der Waals surface area contributed by atoms with Gasteiger partial charge in [-0.15, -0.1) is 35.0 Å². The zero-order valence-corrected chi connectivity index (χ0v) is 8.25. The maximum absolute atomic E-state index is 5.39. The van der Waals surface area contributed by atoms with E-state index in [0.29, 0.717) is 6.54 Å². The third-order valence-electron chi connectivity index (χ3n) is 1.44. The van der Waals surface area contributed by atoms with E-state index in [1.807, 2.05) is 6.20 Å². The van der Waals surface area contributed by atoms with Crippen molar-refractivity contribution in [2.24, 2.45) is 5.73 Å². The number of fused-ring (bicyclic) bond motifs is 1. The molecule has 2 aromatic rings. The molecule has 13 heavy (non-hydrogen) atoms. The van der Waals surface area contributed by atoms with E-state index in [1.165, 1.54) is 0 Å². The Bertz CT molecular complexity index is 374. The first-order valence-electron chi connectivity index (χ1n) is 3.24. The van der Waals surface area contributed by atoms with Crippen molar-refractivity contribution in [1.29, 1.82) is 0 Å². The maximum Gasteiger partial charge on any atom is 0.179 e. The molecule has 0 aromatic carbocycles. The lowest BCUT2D eigenvalue weighted by Crippen LogP contribution is -2.00. The normalized spacial score (nSPS) is 9.00. The predicted octanol–water partition coefficient (Wildman–Crippen LogP) is 0.427. The van der Waals surface area contributed by atoms with Crippen molar-refractivity contribution in [1.82, 2.24) is 19.6 Å². The van der Waals surface area contributed by atoms with Crippen LogP contribution in [0.2, 0.25) is 0 Å². The number of hydrogen-bond donors (Lipinski definition) is 1. The minimum atomic E-state index is 0. The second-order valence-corrected chi connectivity index (χ2v) is 2.18. The first-order chi connectivity index (χ1) is 5.40. The highest BCUT2D eigenvalue weighted by Crippen LogP contribution is 1.97. The largest absolute Gasteiger partial charge is 0.325 e. The Morgan fingerprint density at radius 1 is 1.38 bits per heavy atom. The van der Waals surface area contributed by atoms with E-state index in [4.69, 9.17) is 5.73 Å². The van der Waals surface area contributed by atoms with Gasteiger partial charge in [0.15, 0.2) is 5.65 Å². The molecule has 0 aliphatic rings. The van der Waals surface area contributed by atoms with Crippen molar-refractivity contribution in [2.75, 3.05) is 0 Å². The molecule has 7 heteroatoms. The highest BCUT2D eigenvalue weighted by atomic mass is 35.5. The second-order valence-electron chi connectivity index (χ2n) is 2.18. The lowest BCUT2D eigenvalue weighted by molar-refractivity contribution is 0.950. The Hall–Kier alpha value is -0.910. The summed E-state index contributed by atoms with van der Waals surface area (Å²) in [7, 11) is 0. The van der Waals surface area contributed by atoms with Gasteiger partial charge in [-0.1, -0.05) is 0 Å². The van der Waals surface area contributed by atoms with E-state index in [0.717, 1.165) is 11.3 Å². The number of hydrogen-bond acceptors (Lipinski definition) is 4. The van der Waals surface area contributed by atoms with Crippen molar-refractivity contribution in [2.45, 2.75) is 6.54 Å². The first kappa shape index (κ1) is 12.1. The van der Waals surface area contributed by atoms with Crippen LogP contribution in [0.25, 0.3) is 5.65 Å². The predicted molar refractivity (Wildman–Crippen MR) is 53.2 cm³/mol. The Balaban J connectivity index is 0.000000720. The van der Waals surface area contributed by atoms with Gasteiger partial charge in [-0.05, 0) is 0 Å². The van der Waals surface area contributed by atoms with Gasteiger partial charge in [-0.2, -0.15) is 0 Å². The maximum atomic E-state index is 5.39. The Morgan fingerprint density at radius 3 is 2.85 bits per heavy atom. The molecule has 0 saturated heterocycles. The molecule has 72 valence electrons. The molecule has 2 N–H and O–H groups in total. The van der Waals surface area contributed by atoms with Gasteiger partial charge in [-0.25, -0.2) is 0 Å². The van der Waals surface area contributed by atoms with Crippen LogP contribution in [-0.4, -0.2) is 19.6 Å². The fraction of sp³-hybridized carbons (Fsp3) is 0.167. The Labute approximate surface area is 87.2 Å². The SMILES string of the molecule is Cl.Cl.NCc1cn2cnnc2cn1. The topological polar surface area (TPSA) is 69.1 Å². The highest BCUT2D eigenvalue weighted by molar-refractivity contribution is 5.85. The van der Waals surface area contributed by atoms with Crippen LogP contribution in [0.5, 0.6) is 0 Å². The van der Waals surface area contributed by atoms with Crippen LogP contribution < -0.4 is 5.73 Å². The lowest BCUT2D eigenvalue weighted by atomic mass is 10.4. The van der Waals surface area contributed by atoms with E-state index in [1.54, 1.807) is 16.9 Å².